The number of ketones is 1. The largest absolute Gasteiger partial charge is 0.508 e. The van der Waals surface area contributed by atoms with Crippen LogP contribution < -0.4 is 4.74 Å². The van der Waals surface area contributed by atoms with Crippen LogP contribution >= 0.6 is 0 Å². The zero-order valence-electron chi connectivity index (χ0n) is 10.8. The van der Waals surface area contributed by atoms with Crippen LogP contribution in [-0.4, -0.2) is 17.0 Å². The number of ether oxygens (including phenoxy) is 1. The number of rotatable bonds is 3. The van der Waals surface area contributed by atoms with Crippen molar-refractivity contribution in [3.05, 3.63) is 65.7 Å². The number of hydrogen-bond donors (Lipinski definition) is 1. The first-order valence-electron chi connectivity index (χ1n) is 6.49. The van der Waals surface area contributed by atoms with E-state index >= 15 is 0 Å². The van der Waals surface area contributed by atoms with Crippen LogP contribution in [0.1, 0.15) is 22.3 Å². The molecule has 1 aliphatic heterocycles. The summed E-state index contributed by atoms with van der Waals surface area (Å²) in [7, 11) is 0. The summed E-state index contributed by atoms with van der Waals surface area (Å²) >= 11 is 0. The first kappa shape index (κ1) is 12.5. The lowest BCUT2D eigenvalue weighted by atomic mass is 10.1. The normalized spacial score (nSPS) is 17.2. The molecule has 2 aromatic rings. The topological polar surface area (TPSA) is 46.5 Å². The minimum atomic E-state index is -0.494. The molecule has 0 aromatic heterocycles. The van der Waals surface area contributed by atoms with E-state index in [0.717, 1.165) is 5.56 Å². The van der Waals surface area contributed by atoms with Crippen LogP contribution in [-0.2, 0) is 0 Å². The van der Waals surface area contributed by atoms with E-state index in [1.807, 2.05) is 42.5 Å². The second kappa shape index (κ2) is 5.21. The second-order valence-electron chi connectivity index (χ2n) is 4.70. The van der Waals surface area contributed by atoms with Gasteiger partial charge in [-0.25, -0.2) is 0 Å². The number of aromatic hydroxyl groups is 1. The third-order valence-electron chi connectivity index (χ3n) is 3.25. The summed E-state index contributed by atoms with van der Waals surface area (Å²) in [5, 5.41) is 9.39. The summed E-state index contributed by atoms with van der Waals surface area (Å²) in [5.41, 5.74) is 1.63. The van der Waals surface area contributed by atoms with Crippen LogP contribution in [0.3, 0.4) is 0 Å². The van der Waals surface area contributed by atoms with Crippen molar-refractivity contribution in [1.29, 1.82) is 0 Å². The van der Waals surface area contributed by atoms with Gasteiger partial charge in [0.05, 0.1) is 5.56 Å². The lowest BCUT2D eigenvalue weighted by molar-refractivity contribution is 0.0861. The van der Waals surface area contributed by atoms with Gasteiger partial charge in [0.2, 0.25) is 5.78 Å². The minimum Gasteiger partial charge on any atom is -0.508 e. The number of phenolic OH excluding ortho intramolecular Hbond substituents is 1. The molecule has 0 saturated carbocycles. The molecule has 3 rings (SSSR count). The predicted octanol–water partition coefficient (Wildman–Crippen LogP) is 3.44. The Hall–Kier alpha value is -2.55. The fourth-order valence-electron chi connectivity index (χ4n) is 2.24. The third-order valence-corrected chi connectivity index (χ3v) is 3.25. The fourth-order valence-corrected chi connectivity index (χ4v) is 2.24. The molecule has 1 unspecified atom stereocenters. The Balaban J connectivity index is 1.69. The van der Waals surface area contributed by atoms with Crippen molar-refractivity contribution in [3.63, 3.8) is 0 Å². The molecule has 0 bridgehead atoms. The molecular formula is C17H14O3. The smallest absolute Gasteiger partial charge is 0.207 e. The number of phenols is 1. The minimum absolute atomic E-state index is 0.0299. The molecule has 20 heavy (non-hydrogen) atoms. The predicted molar refractivity (Wildman–Crippen MR) is 76.9 cm³/mol. The van der Waals surface area contributed by atoms with E-state index in [0.29, 0.717) is 17.7 Å². The number of carbonyl (C=O) groups is 1. The maximum atomic E-state index is 12.1. The number of hydrogen-bond acceptors (Lipinski definition) is 3. The van der Waals surface area contributed by atoms with Crippen molar-refractivity contribution in [3.8, 4) is 11.5 Å². The molecule has 0 spiro atoms. The Morgan fingerprint density at radius 1 is 1.15 bits per heavy atom. The van der Waals surface area contributed by atoms with Crippen molar-refractivity contribution >= 4 is 11.9 Å². The molecule has 0 aliphatic carbocycles. The average Bonchev–Trinajstić information content (AvgIpc) is 2.76. The highest BCUT2D eigenvalue weighted by atomic mass is 16.5. The molecule has 1 heterocycles. The maximum absolute atomic E-state index is 12.1. The van der Waals surface area contributed by atoms with Gasteiger partial charge in [0.1, 0.15) is 11.5 Å². The summed E-state index contributed by atoms with van der Waals surface area (Å²) < 4.78 is 5.58. The molecule has 1 atom stereocenters. The quantitative estimate of drug-likeness (QED) is 0.925. The number of Topliss-reactive ketones (excluding diaryl/α,β-unsaturated/α-hetero) is 1. The Morgan fingerprint density at radius 2 is 1.95 bits per heavy atom. The molecule has 0 radical (unpaired) electrons. The van der Waals surface area contributed by atoms with Gasteiger partial charge in [0.15, 0.2) is 6.10 Å². The standard InChI is InChI=1S/C17H14O3/c18-13-9-10-14-16(11-13)20-15(17(14)19)8-4-7-12-5-2-1-3-6-12/h1-7,9-11,15,18H,8H2/b7-4-. The molecule has 1 N–H and O–H groups in total. The summed E-state index contributed by atoms with van der Waals surface area (Å²) in [6, 6.07) is 14.5. The van der Waals surface area contributed by atoms with Gasteiger partial charge < -0.3 is 9.84 Å². The summed E-state index contributed by atoms with van der Waals surface area (Å²) in [5.74, 6) is 0.544. The first-order valence-corrected chi connectivity index (χ1v) is 6.49. The van der Waals surface area contributed by atoms with Gasteiger partial charge in [-0.15, -0.1) is 0 Å². The van der Waals surface area contributed by atoms with Gasteiger partial charge >= 0.3 is 0 Å². The van der Waals surface area contributed by atoms with Crippen LogP contribution in [0.2, 0.25) is 0 Å². The highest BCUT2D eigenvalue weighted by molar-refractivity contribution is 6.04. The molecule has 100 valence electrons. The Bertz CT molecular complexity index is 659. The van der Waals surface area contributed by atoms with Crippen molar-refractivity contribution in [2.45, 2.75) is 12.5 Å². The number of benzene rings is 2. The lowest BCUT2D eigenvalue weighted by Gasteiger charge is -2.05. The Labute approximate surface area is 117 Å². The maximum Gasteiger partial charge on any atom is 0.207 e. The summed E-state index contributed by atoms with van der Waals surface area (Å²) in [6.07, 6.45) is 3.93. The number of fused-ring (bicyclic) bond motifs is 1. The first-order chi connectivity index (χ1) is 9.74. The zero-order valence-corrected chi connectivity index (χ0v) is 10.8. The van der Waals surface area contributed by atoms with Gasteiger partial charge in [-0.1, -0.05) is 42.5 Å². The van der Waals surface area contributed by atoms with Gasteiger partial charge in [0, 0.05) is 12.5 Å². The summed E-state index contributed by atoms with van der Waals surface area (Å²) in [4.78, 5) is 12.1. The fraction of sp³-hybridized carbons (Fsp3) is 0.118. The van der Waals surface area contributed by atoms with E-state index in [9.17, 15) is 9.90 Å². The van der Waals surface area contributed by atoms with E-state index in [2.05, 4.69) is 0 Å². The van der Waals surface area contributed by atoms with Gasteiger partial charge in [-0.2, -0.15) is 0 Å². The highest BCUT2D eigenvalue weighted by Gasteiger charge is 2.31. The summed E-state index contributed by atoms with van der Waals surface area (Å²) in [6.45, 7) is 0. The third kappa shape index (κ3) is 2.43. The average molecular weight is 266 g/mol. The lowest BCUT2D eigenvalue weighted by Crippen LogP contribution is -2.19. The van der Waals surface area contributed by atoms with Gasteiger partial charge in [-0.3, -0.25) is 4.79 Å². The van der Waals surface area contributed by atoms with Crippen LogP contribution in [0.4, 0.5) is 0 Å². The van der Waals surface area contributed by atoms with E-state index in [1.165, 1.54) is 12.1 Å². The molecule has 0 fully saturated rings. The number of carbonyl (C=O) groups excluding carboxylic acids is 1. The van der Waals surface area contributed by atoms with Crippen LogP contribution in [0.15, 0.2) is 54.6 Å². The van der Waals surface area contributed by atoms with Crippen LogP contribution in [0.25, 0.3) is 6.08 Å². The van der Waals surface area contributed by atoms with Gasteiger partial charge in [-0.05, 0) is 17.7 Å². The van der Waals surface area contributed by atoms with Crippen molar-refractivity contribution < 1.29 is 14.6 Å². The monoisotopic (exact) mass is 266 g/mol. The van der Waals surface area contributed by atoms with E-state index in [4.69, 9.17) is 4.74 Å². The molecule has 1 aliphatic rings. The SMILES string of the molecule is O=C1c2ccc(O)cc2OC1C/C=C\c1ccccc1. The molecule has 0 amide bonds. The van der Waals surface area contributed by atoms with E-state index in [-0.39, 0.29) is 11.5 Å². The van der Waals surface area contributed by atoms with Crippen molar-refractivity contribution in [2.75, 3.05) is 0 Å². The van der Waals surface area contributed by atoms with Crippen LogP contribution in [0.5, 0.6) is 11.5 Å². The Kier molecular flexibility index (Phi) is 3.25. The molecular weight excluding hydrogens is 252 g/mol. The van der Waals surface area contributed by atoms with E-state index in [1.54, 1.807) is 6.07 Å². The molecule has 3 heteroatoms. The Morgan fingerprint density at radius 3 is 2.75 bits per heavy atom. The molecule has 2 aromatic carbocycles. The van der Waals surface area contributed by atoms with Crippen molar-refractivity contribution in [2.24, 2.45) is 0 Å². The van der Waals surface area contributed by atoms with E-state index < -0.39 is 6.10 Å². The van der Waals surface area contributed by atoms with Crippen LogP contribution in [0, 0.1) is 0 Å². The second-order valence-corrected chi connectivity index (χ2v) is 4.70. The zero-order chi connectivity index (χ0) is 13.9. The molecule has 0 saturated heterocycles. The highest BCUT2D eigenvalue weighted by Crippen LogP contribution is 2.33. The van der Waals surface area contributed by atoms with Gasteiger partial charge in [0.25, 0.3) is 0 Å². The van der Waals surface area contributed by atoms with Crippen molar-refractivity contribution in [1.82, 2.24) is 0 Å². The molecule has 3 nitrogen and oxygen atoms in total.